The van der Waals surface area contributed by atoms with Crippen molar-refractivity contribution in [3.63, 3.8) is 0 Å². The van der Waals surface area contributed by atoms with E-state index in [0.29, 0.717) is 28.5 Å². The lowest BCUT2D eigenvalue weighted by atomic mass is 10.0. The van der Waals surface area contributed by atoms with Crippen LogP contribution >= 0.6 is 0 Å². The van der Waals surface area contributed by atoms with Gasteiger partial charge in [0.25, 0.3) is 0 Å². The Balaban J connectivity index is 2.69. The third-order valence-electron chi connectivity index (χ3n) is 2.82. The SMILES string of the molecule is COc1cccc(-c2n[nH]c(C)c2C(=O)O)c1OC. The predicted octanol–water partition coefficient (Wildman–Crippen LogP) is 2.10. The van der Waals surface area contributed by atoms with Crippen molar-refractivity contribution >= 4 is 5.97 Å². The molecule has 0 atom stereocenters. The quantitative estimate of drug-likeness (QED) is 0.881. The Morgan fingerprint density at radius 2 is 2.05 bits per heavy atom. The zero-order chi connectivity index (χ0) is 14.0. The molecule has 2 N–H and O–H groups in total. The first kappa shape index (κ1) is 12.9. The van der Waals surface area contributed by atoms with E-state index >= 15 is 0 Å². The summed E-state index contributed by atoms with van der Waals surface area (Å²) in [4.78, 5) is 11.3. The lowest BCUT2D eigenvalue weighted by Gasteiger charge is -2.11. The molecule has 0 unspecified atom stereocenters. The normalized spacial score (nSPS) is 10.3. The second kappa shape index (κ2) is 5.01. The molecular formula is C13H14N2O4. The summed E-state index contributed by atoms with van der Waals surface area (Å²) in [5.41, 5.74) is 1.53. The van der Waals surface area contributed by atoms with Crippen molar-refractivity contribution < 1.29 is 19.4 Å². The fraction of sp³-hybridized carbons (Fsp3) is 0.231. The zero-order valence-corrected chi connectivity index (χ0v) is 10.9. The van der Waals surface area contributed by atoms with Crippen LogP contribution in [0.25, 0.3) is 11.3 Å². The van der Waals surface area contributed by atoms with E-state index in [1.165, 1.54) is 14.2 Å². The Morgan fingerprint density at radius 3 is 2.63 bits per heavy atom. The van der Waals surface area contributed by atoms with Gasteiger partial charge in [0.15, 0.2) is 11.5 Å². The van der Waals surface area contributed by atoms with Gasteiger partial charge in [0.2, 0.25) is 0 Å². The van der Waals surface area contributed by atoms with Gasteiger partial charge in [-0.1, -0.05) is 6.07 Å². The maximum Gasteiger partial charge on any atom is 0.339 e. The monoisotopic (exact) mass is 262 g/mol. The van der Waals surface area contributed by atoms with Gasteiger partial charge in [0.1, 0.15) is 11.3 Å². The van der Waals surface area contributed by atoms with E-state index in [9.17, 15) is 9.90 Å². The van der Waals surface area contributed by atoms with Crippen LogP contribution in [0.5, 0.6) is 11.5 Å². The van der Waals surface area contributed by atoms with Gasteiger partial charge in [-0.3, -0.25) is 5.10 Å². The molecule has 1 heterocycles. The van der Waals surface area contributed by atoms with Crippen molar-refractivity contribution in [3.05, 3.63) is 29.5 Å². The zero-order valence-electron chi connectivity index (χ0n) is 10.9. The molecule has 0 aliphatic heterocycles. The number of aromatic nitrogens is 2. The Hall–Kier alpha value is -2.50. The second-order valence-corrected chi connectivity index (χ2v) is 3.92. The van der Waals surface area contributed by atoms with Gasteiger partial charge in [-0.15, -0.1) is 0 Å². The molecule has 6 nitrogen and oxygen atoms in total. The average molecular weight is 262 g/mol. The first-order valence-corrected chi connectivity index (χ1v) is 5.59. The Labute approximate surface area is 110 Å². The average Bonchev–Trinajstić information content (AvgIpc) is 2.79. The molecule has 0 amide bonds. The number of methoxy groups -OCH3 is 2. The number of carbonyl (C=O) groups is 1. The molecule has 2 aromatic rings. The molecule has 1 aromatic heterocycles. The number of nitrogens with one attached hydrogen (secondary N) is 1. The van der Waals surface area contributed by atoms with Crippen LogP contribution in [0.3, 0.4) is 0 Å². The van der Waals surface area contributed by atoms with E-state index < -0.39 is 5.97 Å². The number of carboxylic acids is 1. The first-order chi connectivity index (χ1) is 9.10. The van der Waals surface area contributed by atoms with Crippen molar-refractivity contribution in [1.29, 1.82) is 0 Å². The van der Waals surface area contributed by atoms with Crippen molar-refractivity contribution in [3.8, 4) is 22.8 Å². The maximum atomic E-state index is 11.3. The first-order valence-electron chi connectivity index (χ1n) is 5.59. The fourth-order valence-corrected chi connectivity index (χ4v) is 1.96. The van der Waals surface area contributed by atoms with Crippen LogP contribution in [-0.4, -0.2) is 35.5 Å². The minimum absolute atomic E-state index is 0.131. The number of aromatic amines is 1. The number of hydrogen-bond donors (Lipinski definition) is 2. The molecule has 0 fully saturated rings. The van der Waals surface area contributed by atoms with Gasteiger partial charge in [0.05, 0.1) is 14.2 Å². The summed E-state index contributed by atoms with van der Waals surface area (Å²) < 4.78 is 10.5. The Morgan fingerprint density at radius 1 is 1.32 bits per heavy atom. The molecule has 2 rings (SSSR count). The number of aryl methyl sites for hydroxylation is 1. The summed E-state index contributed by atoms with van der Waals surface area (Å²) in [6, 6.07) is 5.23. The van der Waals surface area contributed by atoms with Crippen molar-refractivity contribution in [2.24, 2.45) is 0 Å². The number of benzene rings is 1. The molecule has 19 heavy (non-hydrogen) atoms. The molecular weight excluding hydrogens is 248 g/mol. The van der Waals surface area contributed by atoms with Crippen LogP contribution in [0.1, 0.15) is 16.1 Å². The molecule has 1 aromatic carbocycles. The van der Waals surface area contributed by atoms with Gasteiger partial charge >= 0.3 is 5.97 Å². The van der Waals surface area contributed by atoms with Gasteiger partial charge in [0, 0.05) is 11.3 Å². The highest BCUT2D eigenvalue weighted by Crippen LogP contribution is 2.38. The fourth-order valence-electron chi connectivity index (χ4n) is 1.96. The van der Waals surface area contributed by atoms with E-state index in [1.54, 1.807) is 25.1 Å². The molecule has 0 spiro atoms. The van der Waals surface area contributed by atoms with E-state index in [2.05, 4.69) is 10.2 Å². The van der Waals surface area contributed by atoms with Gasteiger partial charge in [-0.2, -0.15) is 5.10 Å². The van der Waals surface area contributed by atoms with Gasteiger partial charge < -0.3 is 14.6 Å². The van der Waals surface area contributed by atoms with Gasteiger partial charge in [-0.25, -0.2) is 4.79 Å². The molecule has 0 radical (unpaired) electrons. The number of rotatable bonds is 4. The molecule has 0 saturated carbocycles. The van der Waals surface area contributed by atoms with Gasteiger partial charge in [-0.05, 0) is 19.1 Å². The second-order valence-electron chi connectivity index (χ2n) is 3.92. The standard InChI is InChI=1S/C13H14N2O4/c1-7-10(13(16)17)11(15-14-7)8-5-4-6-9(18-2)12(8)19-3/h4-6H,1-3H3,(H,14,15)(H,16,17). The summed E-state index contributed by atoms with van der Waals surface area (Å²) >= 11 is 0. The number of carboxylic acid groups (broad SMARTS) is 1. The number of aromatic carboxylic acids is 1. The lowest BCUT2D eigenvalue weighted by Crippen LogP contribution is -2.01. The lowest BCUT2D eigenvalue weighted by molar-refractivity contribution is 0.0697. The van der Waals surface area contributed by atoms with Crippen molar-refractivity contribution in [2.45, 2.75) is 6.92 Å². The van der Waals surface area contributed by atoms with Crippen LogP contribution in [0.2, 0.25) is 0 Å². The smallest absolute Gasteiger partial charge is 0.339 e. The summed E-state index contributed by atoms with van der Waals surface area (Å²) in [5.74, 6) is -0.0536. The topological polar surface area (TPSA) is 84.4 Å². The number of H-pyrrole nitrogens is 1. The number of nitrogens with zero attached hydrogens (tertiary/aromatic N) is 1. The molecule has 6 heteroatoms. The van der Waals surface area contributed by atoms with Crippen molar-refractivity contribution in [1.82, 2.24) is 10.2 Å². The highest BCUT2D eigenvalue weighted by atomic mass is 16.5. The van der Waals surface area contributed by atoms with E-state index in [4.69, 9.17) is 9.47 Å². The van der Waals surface area contributed by atoms with Crippen molar-refractivity contribution in [2.75, 3.05) is 14.2 Å². The summed E-state index contributed by atoms with van der Waals surface area (Å²) in [5, 5.41) is 16.0. The van der Waals surface area contributed by atoms with Crippen LogP contribution < -0.4 is 9.47 Å². The maximum absolute atomic E-state index is 11.3. The number of hydrogen-bond acceptors (Lipinski definition) is 4. The number of ether oxygens (including phenoxy) is 2. The highest BCUT2D eigenvalue weighted by Gasteiger charge is 2.22. The Kier molecular flexibility index (Phi) is 3.41. The summed E-state index contributed by atoms with van der Waals surface area (Å²) in [7, 11) is 3.02. The van der Waals surface area contributed by atoms with E-state index in [-0.39, 0.29) is 5.56 Å². The van der Waals surface area contributed by atoms with E-state index in [1.807, 2.05) is 0 Å². The molecule has 0 aliphatic rings. The molecule has 0 bridgehead atoms. The molecule has 100 valence electrons. The number of para-hydroxylation sites is 1. The Bertz CT molecular complexity index is 619. The summed E-state index contributed by atoms with van der Waals surface area (Å²) in [6.45, 7) is 1.66. The molecule has 0 saturated heterocycles. The highest BCUT2D eigenvalue weighted by molar-refractivity contribution is 5.97. The minimum atomic E-state index is -1.04. The van der Waals surface area contributed by atoms with Crippen LogP contribution in [-0.2, 0) is 0 Å². The summed E-state index contributed by atoms with van der Waals surface area (Å²) in [6.07, 6.45) is 0. The van der Waals surface area contributed by atoms with E-state index in [0.717, 1.165) is 0 Å². The third-order valence-corrected chi connectivity index (χ3v) is 2.82. The largest absolute Gasteiger partial charge is 0.493 e. The molecule has 0 aliphatic carbocycles. The third kappa shape index (κ3) is 2.12. The van der Waals surface area contributed by atoms with Crippen LogP contribution in [0.15, 0.2) is 18.2 Å². The predicted molar refractivity (Wildman–Crippen MR) is 68.8 cm³/mol. The minimum Gasteiger partial charge on any atom is -0.493 e. The van der Waals surface area contributed by atoms with Crippen LogP contribution in [0, 0.1) is 6.92 Å². The van der Waals surface area contributed by atoms with Crippen LogP contribution in [0.4, 0.5) is 0 Å².